The molecule has 3 aliphatic rings. The lowest BCUT2D eigenvalue weighted by atomic mass is 9.94. The van der Waals surface area contributed by atoms with Gasteiger partial charge in [-0.25, -0.2) is 0 Å². The summed E-state index contributed by atoms with van der Waals surface area (Å²) in [5, 5.41) is 2.24. The number of halogens is 1. The summed E-state index contributed by atoms with van der Waals surface area (Å²) in [6.07, 6.45) is 1.58. The molecule has 0 saturated carbocycles. The standard InChI is InChI=1S/C16H20ClN3O3S/c1-18(2)13(21)9-20-11-4-3-10(15(20)22)7-19(8-11)16(23)14-12(17)5-6-24-14/h5-6,10-11H,3-4,7-9H2,1-2H3/t10-,11+/m1/s1. The highest BCUT2D eigenvalue weighted by Gasteiger charge is 2.43. The quantitative estimate of drug-likeness (QED) is 0.812. The fraction of sp³-hybridized carbons (Fsp3) is 0.562. The average Bonchev–Trinajstić information content (AvgIpc) is 2.79. The maximum absolute atomic E-state index is 12.7. The zero-order valence-corrected chi connectivity index (χ0v) is 15.3. The van der Waals surface area contributed by atoms with Crippen molar-refractivity contribution in [3.05, 3.63) is 21.3 Å². The number of hydrogen-bond donors (Lipinski definition) is 0. The van der Waals surface area contributed by atoms with E-state index in [1.54, 1.807) is 35.3 Å². The molecule has 0 radical (unpaired) electrons. The van der Waals surface area contributed by atoms with E-state index < -0.39 is 0 Å². The van der Waals surface area contributed by atoms with Crippen LogP contribution in [0, 0.1) is 5.92 Å². The van der Waals surface area contributed by atoms with E-state index in [0.717, 1.165) is 12.8 Å². The highest BCUT2D eigenvalue weighted by atomic mass is 35.5. The van der Waals surface area contributed by atoms with E-state index in [-0.39, 0.29) is 36.2 Å². The predicted molar refractivity (Wildman–Crippen MR) is 92.2 cm³/mol. The molecule has 0 unspecified atom stereocenters. The molecule has 2 atom stereocenters. The second kappa shape index (κ2) is 6.72. The third-order valence-corrected chi connectivity index (χ3v) is 6.03. The summed E-state index contributed by atoms with van der Waals surface area (Å²) in [6, 6.07) is 1.60. The van der Waals surface area contributed by atoms with E-state index in [1.807, 2.05) is 0 Å². The molecule has 3 amide bonds. The highest BCUT2D eigenvalue weighted by Crippen LogP contribution is 2.31. The van der Waals surface area contributed by atoms with Gasteiger partial charge in [-0.1, -0.05) is 11.6 Å². The van der Waals surface area contributed by atoms with Gasteiger partial charge in [0.05, 0.1) is 10.9 Å². The molecule has 3 fully saturated rings. The van der Waals surface area contributed by atoms with Crippen molar-refractivity contribution in [2.24, 2.45) is 5.92 Å². The minimum Gasteiger partial charge on any atom is -0.347 e. The van der Waals surface area contributed by atoms with Gasteiger partial charge in [0, 0.05) is 33.2 Å². The van der Waals surface area contributed by atoms with Crippen molar-refractivity contribution in [1.29, 1.82) is 0 Å². The van der Waals surface area contributed by atoms with Crippen LogP contribution in [0.25, 0.3) is 0 Å². The summed E-state index contributed by atoms with van der Waals surface area (Å²) in [5.74, 6) is -0.481. The molecule has 0 aromatic carbocycles. The topological polar surface area (TPSA) is 60.9 Å². The first kappa shape index (κ1) is 17.2. The highest BCUT2D eigenvalue weighted by molar-refractivity contribution is 7.12. The summed E-state index contributed by atoms with van der Waals surface area (Å²) in [4.78, 5) is 42.8. The number of hydrogen-bond acceptors (Lipinski definition) is 4. The SMILES string of the molecule is CN(C)C(=O)CN1C(=O)[C@@H]2CC[C@H]1CN(C(=O)c1sccc1Cl)C2. The van der Waals surface area contributed by atoms with Gasteiger partial charge in [-0.3, -0.25) is 14.4 Å². The van der Waals surface area contributed by atoms with Gasteiger partial charge >= 0.3 is 0 Å². The Labute approximate surface area is 150 Å². The first-order valence-corrected chi connectivity index (χ1v) is 9.17. The van der Waals surface area contributed by atoms with Crippen LogP contribution in [-0.4, -0.2) is 72.2 Å². The number of amides is 3. The van der Waals surface area contributed by atoms with E-state index in [2.05, 4.69) is 0 Å². The number of carbonyl (C=O) groups excluding carboxylic acids is 3. The maximum Gasteiger partial charge on any atom is 0.265 e. The zero-order chi connectivity index (χ0) is 17.4. The van der Waals surface area contributed by atoms with Crippen molar-refractivity contribution >= 4 is 40.7 Å². The zero-order valence-electron chi connectivity index (χ0n) is 13.7. The van der Waals surface area contributed by atoms with Crippen LogP contribution in [0.2, 0.25) is 5.02 Å². The number of likely N-dealkylation sites (N-methyl/N-ethyl adjacent to an activating group) is 1. The summed E-state index contributed by atoms with van der Waals surface area (Å²) in [5.41, 5.74) is 0. The molecule has 3 aliphatic heterocycles. The predicted octanol–water partition coefficient (Wildman–Crippen LogP) is 1.55. The molecule has 0 aliphatic carbocycles. The Bertz CT molecular complexity index is 675. The number of rotatable bonds is 3. The lowest BCUT2D eigenvalue weighted by molar-refractivity contribution is -0.145. The van der Waals surface area contributed by atoms with Gasteiger partial charge in [0.2, 0.25) is 11.8 Å². The molecule has 6 nitrogen and oxygen atoms in total. The molecular formula is C16H20ClN3O3S. The lowest BCUT2D eigenvalue weighted by Gasteiger charge is -2.35. The van der Waals surface area contributed by atoms with Gasteiger partial charge < -0.3 is 14.7 Å². The Morgan fingerprint density at radius 3 is 2.71 bits per heavy atom. The van der Waals surface area contributed by atoms with Crippen molar-refractivity contribution in [1.82, 2.24) is 14.7 Å². The molecule has 1 aromatic heterocycles. The van der Waals surface area contributed by atoms with Crippen LogP contribution >= 0.6 is 22.9 Å². The van der Waals surface area contributed by atoms with Crippen molar-refractivity contribution < 1.29 is 14.4 Å². The minimum atomic E-state index is -0.235. The molecule has 4 rings (SSSR count). The smallest absolute Gasteiger partial charge is 0.265 e. The summed E-state index contributed by atoms with van der Waals surface area (Å²) < 4.78 is 0. The normalized spacial score (nSPS) is 23.4. The van der Waals surface area contributed by atoms with Crippen LogP contribution in [0.1, 0.15) is 22.5 Å². The second-order valence-corrected chi connectivity index (χ2v) is 7.81. The Hall–Kier alpha value is -1.60. The summed E-state index contributed by atoms with van der Waals surface area (Å²) in [7, 11) is 3.36. The fourth-order valence-electron chi connectivity index (χ4n) is 3.29. The van der Waals surface area contributed by atoms with Gasteiger partial charge in [0.1, 0.15) is 11.4 Å². The van der Waals surface area contributed by atoms with Crippen molar-refractivity contribution in [3.63, 3.8) is 0 Å². The second-order valence-electron chi connectivity index (χ2n) is 6.49. The molecule has 3 saturated heterocycles. The molecule has 0 N–H and O–H groups in total. The Morgan fingerprint density at radius 2 is 2.08 bits per heavy atom. The van der Waals surface area contributed by atoms with Crippen molar-refractivity contribution in [3.8, 4) is 0 Å². The van der Waals surface area contributed by atoms with Crippen LogP contribution < -0.4 is 0 Å². The van der Waals surface area contributed by atoms with Gasteiger partial charge in [0.15, 0.2) is 0 Å². The largest absolute Gasteiger partial charge is 0.347 e. The molecule has 1 aromatic rings. The van der Waals surface area contributed by atoms with Crippen LogP contribution in [0.5, 0.6) is 0 Å². The average molecular weight is 370 g/mol. The molecule has 24 heavy (non-hydrogen) atoms. The number of carbonyl (C=O) groups is 3. The summed E-state index contributed by atoms with van der Waals surface area (Å²) >= 11 is 7.39. The maximum atomic E-state index is 12.7. The third-order valence-electron chi connectivity index (χ3n) is 4.70. The number of piperidine rings is 1. The number of fused-ring (bicyclic) bond motifs is 4. The molecule has 0 spiro atoms. The van der Waals surface area contributed by atoms with Gasteiger partial charge in [-0.05, 0) is 24.3 Å². The molecular weight excluding hydrogens is 350 g/mol. The minimum absolute atomic E-state index is 0.0194. The first-order valence-electron chi connectivity index (χ1n) is 7.91. The van der Waals surface area contributed by atoms with Crippen LogP contribution in [0.15, 0.2) is 11.4 Å². The van der Waals surface area contributed by atoms with Gasteiger partial charge in [-0.2, -0.15) is 0 Å². The third kappa shape index (κ3) is 3.15. The Balaban J connectivity index is 1.80. The molecule has 130 valence electrons. The van der Waals surface area contributed by atoms with E-state index in [4.69, 9.17) is 11.6 Å². The first-order chi connectivity index (χ1) is 11.4. The fourth-order valence-corrected chi connectivity index (χ4v) is 4.39. The lowest BCUT2D eigenvalue weighted by Crippen LogP contribution is -2.51. The Morgan fingerprint density at radius 1 is 1.33 bits per heavy atom. The monoisotopic (exact) mass is 369 g/mol. The number of nitrogens with zero attached hydrogens (tertiary/aromatic N) is 3. The molecule has 4 heterocycles. The van der Waals surface area contributed by atoms with E-state index in [1.165, 1.54) is 16.2 Å². The van der Waals surface area contributed by atoms with Crippen LogP contribution in [0.3, 0.4) is 0 Å². The van der Waals surface area contributed by atoms with Gasteiger partial charge in [0.25, 0.3) is 5.91 Å². The van der Waals surface area contributed by atoms with Crippen LogP contribution in [0.4, 0.5) is 0 Å². The van der Waals surface area contributed by atoms with E-state index in [0.29, 0.717) is 23.0 Å². The van der Waals surface area contributed by atoms with Crippen LogP contribution in [-0.2, 0) is 9.59 Å². The van der Waals surface area contributed by atoms with Gasteiger partial charge in [-0.15, -0.1) is 11.3 Å². The van der Waals surface area contributed by atoms with Crippen molar-refractivity contribution in [2.45, 2.75) is 18.9 Å². The van der Waals surface area contributed by atoms with E-state index in [9.17, 15) is 14.4 Å². The van der Waals surface area contributed by atoms with Crippen molar-refractivity contribution in [2.75, 3.05) is 33.7 Å². The molecule has 2 bridgehead atoms. The van der Waals surface area contributed by atoms with E-state index >= 15 is 0 Å². The molecule has 8 heteroatoms. The number of thiophene rings is 1. The summed E-state index contributed by atoms with van der Waals surface area (Å²) in [6.45, 7) is 0.930. The Kier molecular flexibility index (Phi) is 4.83.